The second-order valence-electron chi connectivity index (χ2n) is 7.41. The molecule has 0 unspecified atom stereocenters. The summed E-state index contributed by atoms with van der Waals surface area (Å²) in [7, 11) is 0. The van der Waals surface area contributed by atoms with E-state index in [-0.39, 0.29) is 0 Å². The Kier molecular flexibility index (Phi) is 6.82. The molecule has 0 amide bonds. The van der Waals surface area contributed by atoms with Crippen molar-refractivity contribution in [3.8, 4) is 0 Å². The predicted octanol–water partition coefficient (Wildman–Crippen LogP) is 2.22. The average Bonchev–Trinajstić information content (AvgIpc) is 3.11. The third-order valence-corrected chi connectivity index (χ3v) is 5.49. The van der Waals surface area contributed by atoms with Gasteiger partial charge >= 0.3 is 0 Å². The number of pyridine rings is 2. The van der Waals surface area contributed by atoms with Crippen LogP contribution in [0.25, 0.3) is 11.2 Å². The van der Waals surface area contributed by atoms with Crippen molar-refractivity contribution >= 4 is 11.2 Å². The molecule has 0 radical (unpaired) electrons. The van der Waals surface area contributed by atoms with Gasteiger partial charge in [-0.05, 0) is 31.2 Å². The number of imidazole rings is 1. The number of hydrogen-bond acceptors (Lipinski definition) is 6. The normalized spacial score (nSPS) is 15.9. The molecule has 3 aromatic rings. The summed E-state index contributed by atoms with van der Waals surface area (Å²) >= 11 is 0. The van der Waals surface area contributed by atoms with Crippen LogP contribution in [0, 0.1) is 0 Å². The fraction of sp³-hybridized carbons (Fsp3) is 0.500. The third-order valence-electron chi connectivity index (χ3n) is 5.49. The topological polar surface area (TPSA) is 59.3 Å². The van der Waals surface area contributed by atoms with Gasteiger partial charge < -0.3 is 14.2 Å². The van der Waals surface area contributed by atoms with E-state index in [2.05, 4.69) is 36.5 Å². The van der Waals surface area contributed by atoms with Crippen LogP contribution in [0.5, 0.6) is 0 Å². The Morgan fingerprint density at radius 3 is 2.55 bits per heavy atom. The van der Waals surface area contributed by atoms with Crippen molar-refractivity contribution in [3.05, 3.63) is 54.2 Å². The smallest absolute Gasteiger partial charge is 0.160 e. The highest BCUT2D eigenvalue weighted by molar-refractivity contribution is 5.71. The van der Waals surface area contributed by atoms with Gasteiger partial charge in [-0.2, -0.15) is 0 Å². The summed E-state index contributed by atoms with van der Waals surface area (Å²) in [5.74, 6) is 1.08. The standard InChI is InChI=1S/C22H30N6O/c1-2-29-17-16-28-21(25-20-7-5-10-24-22(20)28)18-27-14-12-26(13-15-27)11-8-19-6-3-4-9-23-19/h3-7,9-10H,2,8,11-18H2,1H3. The minimum absolute atomic E-state index is 0.687. The van der Waals surface area contributed by atoms with E-state index in [1.165, 1.54) is 5.69 Å². The summed E-state index contributed by atoms with van der Waals surface area (Å²) in [4.78, 5) is 18.9. The van der Waals surface area contributed by atoms with Gasteiger partial charge in [0.05, 0.1) is 13.2 Å². The molecule has 4 rings (SSSR count). The van der Waals surface area contributed by atoms with Gasteiger partial charge in [-0.3, -0.25) is 9.88 Å². The lowest BCUT2D eigenvalue weighted by atomic mass is 10.2. The molecule has 0 spiro atoms. The molecule has 1 aliphatic heterocycles. The van der Waals surface area contributed by atoms with Crippen molar-refractivity contribution in [2.75, 3.05) is 45.9 Å². The molecule has 1 fully saturated rings. The molecular formula is C22H30N6O. The van der Waals surface area contributed by atoms with E-state index in [1.807, 2.05) is 37.5 Å². The molecule has 7 heteroatoms. The van der Waals surface area contributed by atoms with E-state index in [4.69, 9.17) is 9.72 Å². The SMILES string of the molecule is CCOCCn1c(CN2CCN(CCc3ccccn3)CC2)nc2cccnc21. The Morgan fingerprint density at radius 1 is 0.931 bits per heavy atom. The molecule has 0 atom stereocenters. The lowest BCUT2D eigenvalue weighted by Gasteiger charge is -2.34. The van der Waals surface area contributed by atoms with Crippen molar-refractivity contribution in [3.63, 3.8) is 0 Å². The number of nitrogens with zero attached hydrogens (tertiary/aromatic N) is 6. The highest BCUT2D eigenvalue weighted by atomic mass is 16.5. The number of hydrogen-bond donors (Lipinski definition) is 0. The first kappa shape index (κ1) is 19.9. The van der Waals surface area contributed by atoms with Gasteiger partial charge in [0.25, 0.3) is 0 Å². The Hall–Kier alpha value is -2.35. The third kappa shape index (κ3) is 5.18. The largest absolute Gasteiger partial charge is 0.380 e. The Bertz CT molecular complexity index is 889. The average molecular weight is 395 g/mol. The Balaban J connectivity index is 1.34. The molecule has 0 N–H and O–H groups in total. The highest BCUT2D eigenvalue weighted by Crippen LogP contribution is 2.16. The van der Waals surface area contributed by atoms with Crippen LogP contribution in [0.15, 0.2) is 42.7 Å². The summed E-state index contributed by atoms with van der Waals surface area (Å²) in [5, 5.41) is 0. The Morgan fingerprint density at radius 2 is 1.76 bits per heavy atom. The maximum absolute atomic E-state index is 5.58. The highest BCUT2D eigenvalue weighted by Gasteiger charge is 2.20. The van der Waals surface area contributed by atoms with Crippen molar-refractivity contribution < 1.29 is 4.74 Å². The van der Waals surface area contributed by atoms with Gasteiger partial charge in [0.15, 0.2) is 5.65 Å². The van der Waals surface area contributed by atoms with E-state index in [0.29, 0.717) is 6.61 Å². The van der Waals surface area contributed by atoms with Crippen molar-refractivity contribution in [1.29, 1.82) is 0 Å². The van der Waals surface area contributed by atoms with Crippen molar-refractivity contribution in [2.45, 2.75) is 26.4 Å². The van der Waals surface area contributed by atoms with Crippen molar-refractivity contribution in [2.24, 2.45) is 0 Å². The van der Waals surface area contributed by atoms with Gasteiger partial charge in [-0.1, -0.05) is 6.07 Å². The first-order valence-corrected chi connectivity index (χ1v) is 10.6. The van der Waals surface area contributed by atoms with Crippen LogP contribution in [0.3, 0.4) is 0 Å². The number of ether oxygens (including phenoxy) is 1. The first-order valence-electron chi connectivity index (χ1n) is 10.6. The molecule has 7 nitrogen and oxygen atoms in total. The fourth-order valence-corrected chi connectivity index (χ4v) is 3.85. The summed E-state index contributed by atoms with van der Waals surface area (Å²) in [6, 6.07) is 10.1. The zero-order valence-electron chi connectivity index (χ0n) is 17.2. The zero-order valence-corrected chi connectivity index (χ0v) is 17.2. The zero-order chi connectivity index (χ0) is 19.9. The van der Waals surface area contributed by atoms with Crippen LogP contribution in [0.4, 0.5) is 0 Å². The summed E-state index contributed by atoms with van der Waals surface area (Å²) in [5.41, 5.74) is 3.09. The van der Waals surface area contributed by atoms with E-state index < -0.39 is 0 Å². The van der Waals surface area contributed by atoms with E-state index >= 15 is 0 Å². The molecular weight excluding hydrogens is 364 g/mol. The van der Waals surface area contributed by atoms with Gasteiger partial charge in [0.2, 0.25) is 0 Å². The molecule has 0 saturated carbocycles. The van der Waals surface area contributed by atoms with Crippen LogP contribution in [0.2, 0.25) is 0 Å². The molecule has 4 heterocycles. The lowest BCUT2D eigenvalue weighted by Crippen LogP contribution is -2.46. The van der Waals surface area contributed by atoms with Crippen LogP contribution in [0.1, 0.15) is 18.4 Å². The number of piperazine rings is 1. The quantitative estimate of drug-likeness (QED) is 0.519. The maximum Gasteiger partial charge on any atom is 0.160 e. The number of rotatable bonds is 9. The van der Waals surface area contributed by atoms with Gasteiger partial charge in [-0.15, -0.1) is 0 Å². The summed E-state index contributed by atoms with van der Waals surface area (Å²) in [6.45, 7) is 10.5. The molecule has 29 heavy (non-hydrogen) atoms. The lowest BCUT2D eigenvalue weighted by molar-refractivity contribution is 0.121. The second-order valence-corrected chi connectivity index (χ2v) is 7.41. The molecule has 154 valence electrons. The second kappa shape index (κ2) is 9.91. The van der Waals surface area contributed by atoms with Crippen LogP contribution < -0.4 is 0 Å². The molecule has 0 aromatic carbocycles. The molecule has 3 aromatic heterocycles. The van der Waals surface area contributed by atoms with E-state index in [0.717, 1.165) is 75.8 Å². The Labute approximate surface area is 172 Å². The van der Waals surface area contributed by atoms with Gasteiger partial charge in [-0.25, -0.2) is 9.97 Å². The van der Waals surface area contributed by atoms with Crippen LogP contribution in [-0.2, 0) is 24.2 Å². The minimum Gasteiger partial charge on any atom is -0.380 e. The van der Waals surface area contributed by atoms with Gasteiger partial charge in [0.1, 0.15) is 11.3 Å². The van der Waals surface area contributed by atoms with Crippen LogP contribution in [-0.4, -0.2) is 75.3 Å². The number of fused-ring (bicyclic) bond motifs is 1. The fourth-order valence-electron chi connectivity index (χ4n) is 3.85. The predicted molar refractivity (Wildman–Crippen MR) is 114 cm³/mol. The van der Waals surface area contributed by atoms with E-state index in [9.17, 15) is 0 Å². The monoisotopic (exact) mass is 394 g/mol. The molecule has 0 aliphatic carbocycles. The summed E-state index contributed by atoms with van der Waals surface area (Å²) < 4.78 is 7.80. The van der Waals surface area contributed by atoms with E-state index in [1.54, 1.807) is 0 Å². The minimum atomic E-state index is 0.687. The van der Waals surface area contributed by atoms with Gasteiger partial charge in [0, 0.05) is 70.4 Å². The number of aromatic nitrogens is 4. The molecule has 1 saturated heterocycles. The summed E-state index contributed by atoms with van der Waals surface area (Å²) in [6.07, 6.45) is 4.73. The molecule has 0 bridgehead atoms. The maximum atomic E-state index is 5.58. The van der Waals surface area contributed by atoms with Crippen molar-refractivity contribution in [1.82, 2.24) is 29.3 Å². The first-order chi connectivity index (χ1) is 14.3. The molecule has 1 aliphatic rings. The van der Waals surface area contributed by atoms with Crippen LogP contribution >= 0.6 is 0 Å².